The van der Waals surface area contributed by atoms with E-state index in [0.29, 0.717) is 16.9 Å². The third-order valence-electron chi connectivity index (χ3n) is 3.49. The molecule has 0 amide bonds. The second-order valence-corrected chi connectivity index (χ2v) is 4.89. The van der Waals surface area contributed by atoms with E-state index in [0.717, 1.165) is 6.08 Å². The standard InChI is InChI=1S/C18H18O5/c1-11-15(22-2)10-16(23-3)17(18(11)21)14(20)9-13(19)12-7-5-4-6-8-12/h4-10,20-21H,1-3H3. The van der Waals surface area contributed by atoms with E-state index in [1.807, 2.05) is 0 Å². The smallest absolute Gasteiger partial charge is 0.189 e. The first kappa shape index (κ1) is 16.4. The number of aliphatic hydroxyl groups excluding tert-OH is 1. The number of hydrogen-bond donors (Lipinski definition) is 2. The Morgan fingerprint density at radius 2 is 1.70 bits per heavy atom. The molecule has 120 valence electrons. The first-order valence-electron chi connectivity index (χ1n) is 6.94. The fraction of sp³-hybridized carbons (Fsp3) is 0.167. The van der Waals surface area contributed by atoms with Crippen LogP contribution in [0.15, 0.2) is 42.5 Å². The van der Waals surface area contributed by atoms with Crippen molar-refractivity contribution in [2.75, 3.05) is 14.2 Å². The number of allylic oxidation sites excluding steroid dienone is 1. The molecule has 0 aliphatic rings. The third kappa shape index (κ3) is 3.29. The van der Waals surface area contributed by atoms with Gasteiger partial charge in [-0.05, 0) is 6.92 Å². The van der Waals surface area contributed by atoms with Crippen LogP contribution in [0.1, 0.15) is 21.5 Å². The number of carbonyl (C=O) groups excluding carboxylic acids is 1. The highest BCUT2D eigenvalue weighted by Gasteiger charge is 2.20. The van der Waals surface area contributed by atoms with Crippen LogP contribution < -0.4 is 9.47 Å². The monoisotopic (exact) mass is 314 g/mol. The molecule has 0 bridgehead atoms. The number of phenolic OH excluding ortho intramolecular Hbond substituents is 1. The van der Waals surface area contributed by atoms with Crippen LogP contribution >= 0.6 is 0 Å². The van der Waals surface area contributed by atoms with Crippen LogP contribution in [0.4, 0.5) is 0 Å². The summed E-state index contributed by atoms with van der Waals surface area (Å²) in [5.41, 5.74) is 0.924. The Labute approximate surface area is 134 Å². The molecule has 0 aliphatic carbocycles. The van der Waals surface area contributed by atoms with Gasteiger partial charge in [-0.3, -0.25) is 4.79 Å². The second-order valence-electron chi connectivity index (χ2n) is 4.89. The maximum Gasteiger partial charge on any atom is 0.189 e. The number of hydrogen-bond acceptors (Lipinski definition) is 5. The van der Waals surface area contributed by atoms with Gasteiger partial charge in [-0.1, -0.05) is 30.3 Å². The molecule has 0 aliphatic heterocycles. The molecular formula is C18H18O5. The van der Waals surface area contributed by atoms with Crippen LogP contribution in [-0.4, -0.2) is 30.2 Å². The molecule has 5 heteroatoms. The first-order chi connectivity index (χ1) is 11.0. The van der Waals surface area contributed by atoms with Gasteiger partial charge in [0.1, 0.15) is 28.6 Å². The highest BCUT2D eigenvalue weighted by Crippen LogP contribution is 2.41. The van der Waals surface area contributed by atoms with Crippen molar-refractivity contribution in [3.63, 3.8) is 0 Å². The lowest BCUT2D eigenvalue weighted by Gasteiger charge is -2.15. The van der Waals surface area contributed by atoms with E-state index in [9.17, 15) is 15.0 Å². The van der Waals surface area contributed by atoms with Crippen LogP contribution in [0.3, 0.4) is 0 Å². The number of ketones is 1. The number of aliphatic hydroxyl groups is 1. The average Bonchev–Trinajstić information content (AvgIpc) is 2.57. The molecule has 0 fully saturated rings. The zero-order valence-electron chi connectivity index (χ0n) is 13.2. The summed E-state index contributed by atoms with van der Waals surface area (Å²) in [7, 11) is 2.87. The predicted molar refractivity (Wildman–Crippen MR) is 87.3 cm³/mol. The Kier molecular flexibility index (Phi) is 4.91. The second kappa shape index (κ2) is 6.87. The van der Waals surface area contributed by atoms with Crippen LogP contribution in [-0.2, 0) is 0 Å². The Morgan fingerprint density at radius 3 is 2.26 bits per heavy atom. The largest absolute Gasteiger partial charge is 0.507 e. The minimum absolute atomic E-state index is 0.0510. The Morgan fingerprint density at radius 1 is 1.09 bits per heavy atom. The zero-order chi connectivity index (χ0) is 17.0. The molecule has 0 aromatic heterocycles. The summed E-state index contributed by atoms with van der Waals surface area (Å²) in [6, 6.07) is 10.1. The van der Waals surface area contributed by atoms with Crippen LogP contribution in [0.5, 0.6) is 17.2 Å². The summed E-state index contributed by atoms with van der Waals surface area (Å²) in [6.45, 7) is 1.64. The van der Waals surface area contributed by atoms with Crippen LogP contribution in [0.25, 0.3) is 5.76 Å². The van der Waals surface area contributed by atoms with Crippen molar-refractivity contribution in [3.05, 3.63) is 59.2 Å². The maximum absolute atomic E-state index is 12.2. The molecule has 2 N–H and O–H groups in total. The molecule has 0 saturated heterocycles. The van der Waals surface area contributed by atoms with E-state index in [4.69, 9.17) is 9.47 Å². The third-order valence-corrected chi connectivity index (χ3v) is 3.49. The number of aromatic hydroxyl groups is 1. The van der Waals surface area contributed by atoms with Gasteiger partial charge in [0, 0.05) is 23.3 Å². The normalized spacial score (nSPS) is 11.2. The molecule has 2 rings (SSSR count). The lowest BCUT2D eigenvalue weighted by molar-refractivity contribution is 0.104. The SMILES string of the molecule is COc1cc(OC)c(C(O)=CC(=O)c2ccccc2)c(O)c1C. The summed E-state index contributed by atoms with van der Waals surface area (Å²) in [5.74, 6) is -0.322. The molecule has 0 spiro atoms. The highest BCUT2D eigenvalue weighted by atomic mass is 16.5. The molecule has 0 saturated carbocycles. The van der Waals surface area contributed by atoms with E-state index < -0.39 is 0 Å². The van der Waals surface area contributed by atoms with Crippen molar-refractivity contribution >= 4 is 11.5 Å². The maximum atomic E-state index is 12.2. The minimum Gasteiger partial charge on any atom is -0.507 e. The summed E-state index contributed by atoms with van der Waals surface area (Å²) in [6.07, 6.45) is 1.05. The molecule has 5 nitrogen and oxygen atoms in total. The highest BCUT2D eigenvalue weighted by molar-refractivity contribution is 6.08. The van der Waals surface area contributed by atoms with Crippen molar-refractivity contribution in [2.24, 2.45) is 0 Å². The van der Waals surface area contributed by atoms with Crippen molar-refractivity contribution in [1.82, 2.24) is 0 Å². The number of carbonyl (C=O) groups is 1. The van der Waals surface area contributed by atoms with E-state index in [-0.39, 0.29) is 28.6 Å². The summed E-state index contributed by atoms with van der Waals surface area (Å²) >= 11 is 0. The molecule has 2 aromatic carbocycles. The van der Waals surface area contributed by atoms with Gasteiger partial charge in [0.05, 0.1) is 14.2 Å². The summed E-state index contributed by atoms with van der Waals surface area (Å²) in [4.78, 5) is 12.2. The van der Waals surface area contributed by atoms with Gasteiger partial charge in [0.15, 0.2) is 5.78 Å². The van der Waals surface area contributed by atoms with Crippen molar-refractivity contribution < 1.29 is 24.5 Å². The van der Waals surface area contributed by atoms with Crippen LogP contribution in [0, 0.1) is 6.92 Å². The Balaban J connectivity index is 2.50. The van der Waals surface area contributed by atoms with Gasteiger partial charge >= 0.3 is 0 Å². The van der Waals surface area contributed by atoms with Gasteiger partial charge in [-0.25, -0.2) is 0 Å². The minimum atomic E-state index is -0.377. The van der Waals surface area contributed by atoms with Gasteiger partial charge in [-0.2, -0.15) is 0 Å². The van der Waals surface area contributed by atoms with E-state index in [2.05, 4.69) is 0 Å². The quantitative estimate of drug-likeness (QED) is 0.502. The number of benzene rings is 2. The van der Waals surface area contributed by atoms with Crippen molar-refractivity contribution in [3.8, 4) is 17.2 Å². The van der Waals surface area contributed by atoms with Gasteiger partial charge in [0.25, 0.3) is 0 Å². The van der Waals surface area contributed by atoms with Gasteiger partial charge < -0.3 is 19.7 Å². The van der Waals surface area contributed by atoms with Crippen LogP contribution in [0.2, 0.25) is 0 Å². The van der Waals surface area contributed by atoms with Crippen molar-refractivity contribution in [1.29, 1.82) is 0 Å². The van der Waals surface area contributed by atoms with Gasteiger partial charge in [-0.15, -0.1) is 0 Å². The lowest BCUT2D eigenvalue weighted by atomic mass is 10.0. The number of rotatable bonds is 5. The molecule has 0 atom stereocenters. The lowest BCUT2D eigenvalue weighted by Crippen LogP contribution is -2.00. The fourth-order valence-electron chi connectivity index (χ4n) is 2.22. The van der Waals surface area contributed by atoms with Gasteiger partial charge in [0.2, 0.25) is 0 Å². The topological polar surface area (TPSA) is 76.0 Å². The molecule has 0 radical (unpaired) electrons. The fourth-order valence-corrected chi connectivity index (χ4v) is 2.22. The number of phenols is 1. The Bertz CT molecular complexity index is 748. The molecule has 0 unspecified atom stereocenters. The van der Waals surface area contributed by atoms with Crippen molar-refractivity contribution in [2.45, 2.75) is 6.92 Å². The molecular weight excluding hydrogens is 296 g/mol. The summed E-state index contributed by atoms with van der Waals surface area (Å²) in [5, 5.41) is 20.6. The van der Waals surface area contributed by atoms with E-state index >= 15 is 0 Å². The van der Waals surface area contributed by atoms with E-state index in [1.165, 1.54) is 14.2 Å². The van der Waals surface area contributed by atoms with E-state index in [1.54, 1.807) is 43.3 Å². The summed E-state index contributed by atoms with van der Waals surface area (Å²) < 4.78 is 10.3. The Hall–Kier alpha value is -2.95. The molecule has 0 heterocycles. The molecule has 2 aromatic rings. The molecule has 23 heavy (non-hydrogen) atoms. The number of ether oxygens (including phenoxy) is 2. The number of methoxy groups -OCH3 is 2. The first-order valence-corrected chi connectivity index (χ1v) is 6.94. The average molecular weight is 314 g/mol. The zero-order valence-corrected chi connectivity index (χ0v) is 13.2. The predicted octanol–water partition coefficient (Wildman–Crippen LogP) is 3.50.